The predicted molar refractivity (Wildman–Crippen MR) is 131 cm³/mol. The van der Waals surface area contributed by atoms with Crippen LogP contribution in [0.1, 0.15) is 37.5 Å². The lowest BCUT2D eigenvalue weighted by molar-refractivity contribution is 0.228. The molecule has 0 amide bonds. The van der Waals surface area contributed by atoms with Gasteiger partial charge in [0.25, 0.3) is 0 Å². The number of ether oxygens (including phenoxy) is 1. The van der Waals surface area contributed by atoms with Gasteiger partial charge in [-0.3, -0.25) is 4.68 Å². The van der Waals surface area contributed by atoms with Crippen LogP contribution in [0.25, 0.3) is 22.1 Å². The number of nitrogens with zero attached hydrogens (tertiary/aromatic N) is 3. The van der Waals surface area contributed by atoms with Crippen molar-refractivity contribution in [1.29, 1.82) is 0 Å². The van der Waals surface area contributed by atoms with Crippen LogP contribution in [0.15, 0.2) is 41.4 Å². The molecule has 10 heteroatoms. The summed E-state index contributed by atoms with van der Waals surface area (Å²) in [6.07, 6.45) is 8.84. The van der Waals surface area contributed by atoms with Gasteiger partial charge in [0.2, 0.25) is 5.75 Å². The second-order valence-corrected chi connectivity index (χ2v) is 9.35. The molecule has 0 aliphatic carbocycles. The quantitative estimate of drug-likeness (QED) is 0.330. The highest BCUT2D eigenvalue weighted by atomic mass is 35.5. The van der Waals surface area contributed by atoms with Crippen LogP contribution in [-0.2, 0) is 0 Å². The first kappa shape index (κ1) is 22.3. The largest absolute Gasteiger partial charge is 0.478 e. The number of halogens is 3. The Hall–Kier alpha value is -2.45. The number of anilines is 1. The molecule has 7 nitrogen and oxygen atoms in total. The second-order valence-electron chi connectivity index (χ2n) is 8.10. The summed E-state index contributed by atoms with van der Waals surface area (Å²) in [6, 6.07) is 3.63. The molecule has 3 N–H and O–H groups in total. The smallest absolute Gasteiger partial charge is 0.205 e. The average Bonchev–Trinajstić information content (AvgIpc) is 3.43. The Kier molecular flexibility index (Phi) is 6.14. The SMILES string of the molecule is CC(Oc1c(N)ncc2c(-c3cnn(C4CCNCC4)c3)coc12)c1c(Cl)cc(Cl)cc1Cl. The molecule has 4 aromatic rings. The highest BCUT2D eigenvalue weighted by molar-refractivity contribution is 6.39. The van der Waals surface area contributed by atoms with Gasteiger partial charge in [-0.25, -0.2) is 4.98 Å². The van der Waals surface area contributed by atoms with Crippen molar-refractivity contribution >= 4 is 51.6 Å². The first-order valence-electron chi connectivity index (χ1n) is 10.6. The van der Waals surface area contributed by atoms with E-state index in [-0.39, 0.29) is 5.82 Å². The summed E-state index contributed by atoms with van der Waals surface area (Å²) in [6.45, 7) is 3.82. The molecule has 4 heterocycles. The molecule has 3 aromatic heterocycles. The van der Waals surface area contributed by atoms with E-state index < -0.39 is 6.10 Å². The Labute approximate surface area is 205 Å². The van der Waals surface area contributed by atoms with Crippen molar-refractivity contribution in [1.82, 2.24) is 20.1 Å². The molecule has 5 rings (SSSR count). The van der Waals surface area contributed by atoms with Crippen molar-refractivity contribution in [2.45, 2.75) is 31.9 Å². The molecule has 1 saturated heterocycles. The van der Waals surface area contributed by atoms with Crippen LogP contribution < -0.4 is 15.8 Å². The van der Waals surface area contributed by atoms with Crippen LogP contribution in [0.4, 0.5) is 5.82 Å². The number of nitrogens with two attached hydrogens (primary N) is 1. The van der Waals surface area contributed by atoms with Crippen molar-refractivity contribution in [3.63, 3.8) is 0 Å². The van der Waals surface area contributed by atoms with Crippen LogP contribution in [0.2, 0.25) is 15.1 Å². The number of furan rings is 1. The normalized spacial score (nSPS) is 15.8. The number of hydrogen-bond donors (Lipinski definition) is 2. The van der Waals surface area contributed by atoms with E-state index in [0.717, 1.165) is 42.4 Å². The Morgan fingerprint density at radius 2 is 1.91 bits per heavy atom. The fraction of sp³-hybridized carbons (Fsp3) is 0.304. The number of benzene rings is 1. The minimum absolute atomic E-state index is 0.210. The zero-order valence-corrected chi connectivity index (χ0v) is 20.1. The van der Waals surface area contributed by atoms with Crippen molar-refractivity contribution < 1.29 is 9.15 Å². The van der Waals surface area contributed by atoms with E-state index in [0.29, 0.717) is 38.0 Å². The van der Waals surface area contributed by atoms with E-state index in [1.54, 1.807) is 24.6 Å². The van der Waals surface area contributed by atoms with Crippen molar-refractivity contribution in [2.75, 3.05) is 18.8 Å². The van der Waals surface area contributed by atoms with Gasteiger partial charge in [0.15, 0.2) is 11.4 Å². The van der Waals surface area contributed by atoms with Crippen LogP contribution in [-0.4, -0.2) is 27.9 Å². The van der Waals surface area contributed by atoms with Crippen molar-refractivity contribution in [3.05, 3.63) is 57.6 Å². The van der Waals surface area contributed by atoms with Crippen LogP contribution in [0, 0.1) is 0 Å². The molecule has 1 aliphatic rings. The number of rotatable bonds is 5. The molecule has 1 aromatic carbocycles. The van der Waals surface area contributed by atoms with Crippen molar-refractivity contribution in [3.8, 4) is 16.9 Å². The Bertz CT molecular complexity index is 1290. The first-order valence-corrected chi connectivity index (χ1v) is 11.8. The lowest BCUT2D eigenvalue weighted by Gasteiger charge is -2.22. The highest BCUT2D eigenvalue weighted by Gasteiger charge is 2.23. The molecule has 0 spiro atoms. The number of hydrogen-bond acceptors (Lipinski definition) is 6. The second kappa shape index (κ2) is 9.06. The Morgan fingerprint density at radius 1 is 1.18 bits per heavy atom. The average molecular weight is 507 g/mol. The van der Waals surface area contributed by atoms with Gasteiger partial charge in [-0.15, -0.1) is 0 Å². The summed E-state index contributed by atoms with van der Waals surface area (Å²) in [5, 5.41) is 10.0. The van der Waals surface area contributed by atoms with E-state index in [1.807, 2.05) is 24.0 Å². The molecule has 1 fully saturated rings. The summed E-state index contributed by atoms with van der Waals surface area (Å²) >= 11 is 18.8. The highest BCUT2D eigenvalue weighted by Crippen LogP contribution is 2.41. The number of aromatic nitrogens is 3. The summed E-state index contributed by atoms with van der Waals surface area (Å²) in [5.41, 5.74) is 9.08. The topological polar surface area (TPSA) is 91.1 Å². The monoisotopic (exact) mass is 505 g/mol. The molecule has 1 aliphatic heterocycles. The molecular formula is C23H22Cl3N5O2. The minimum Gasteiger partial charge on any atom is -0.478 e. The maximum atomic E-state index is 6.37. The summed E-state index contributed by atoms with van der Waals surface area (Å²) in [4.78, 5) is 4.34. The zero-order valence-electron chi connectivity index (χ0n) is 17.8. The molecular weight excluding hydrogens is 485 g/mol. The fourth-order valence-electron chi connectivity index (χ4n) is 4.24. The van der Waals surface area contributed by atoms with Gasteiger partial charge in [0, 0.05) is 34.1 Å². The number of nitrogens with one attached hydrogen (secondary N) is 1. The molecule has 1 atom stereocenters. The molecule has 1 unspecified atom stereocenters. The van der Waals surface area contributed by atoms with Gasteiger partial charge >= 0.3 is 0 Å². The van der Waals surface area contributed by atoms with Gasteiger partial charge < -0.3 is 20.2 Å². The Balaban J connectivity index is 1.48. The van der Waals surface area contributed by atoms with Gasteiger partial charge in [-0.05, 0) is 45.0 Å². The number of fused-ring (bicyclic) bond motifs is 1. The zero-order chi connectivity index (χ0) is 23.1. The van der Waals surface area contributed by atoms with Crippen LogP contribution in [0.5, 0.6) is 5.75 Å². The molecule has 33 heavy (non-hydrogen) atoms. The standard InChI is InChI=1S/C23H22Cl3N5O2/c1-12(20-18(25)6-14(24)7-19(20)26)33-22-21-16(9-29-23(22)27)17(11-32-21)13-8-30-31(10-13)15-2-4-28-5-3-15/h6-12,15,28H,2-5H2,1H3,(H2,27,29). The third-order valence-corrected chi connectivity index (χ3v) is 6.78. The predicted octanol–water partition coefficient (Wildman–Crippen LogP) is 6.30. The van der Waals surface area contributed by atoms with E-state index >= 15 is 0 Å². The minimum atomic E-state index is -0.520. The first-order chi connectivity index (χ1) is 15.9. The fourth-order valence-corrected chi connectivity index (χ4v) is 5.37. The van der Waals surface area contributed by atoms with Gasteiger partial charge in [0.1, 0.15) is 12.4 Å². The maximum Gasteiger partial charge on any atom is 0.205 e. The lowest BCUT2D eigenvalue weighted by atomic mass is 10.1. The molecule has 0 radical (unpaired) electrons. The lowest BCUT2D eigenvalue weighted by Crippen LogP contribution is -2.29. The van der Waals surface area contributed by atoms with Gasteiger partial charge in [-0.2, -0.15) is 5.10 Å². The van der Waals surface area contributed by atoms with E-state index in [4.69, 9.17) is 49.7 Å². The Morgan fingerprint density at radius 3 is 2.64 bits per heavy atom. The maximum absolute atomic E-state index is 6.37. The number of nitrogen functional groups attached to an aromatic ring is 1. The summed E-state index contributed by atoms with van der Waals surface area (Å²) < 4.78 is 14.1. The van der Waals surface area contributed by atoms with Gasteiger partial charge in [-0.1, -0.05) is 34.8 Å². The molecule has 0 saturated carbocycles. The summed E-state index contributed by atoms with van der Waals surface area (Å²) in [5.74, 6) is 0.543. The summed E-state index contributed by atoms with van der Waals surface area (Å²) in [7, 11) is 0. The van der Waals surface area contributed by atoms with Crippen LogP contribution in [0.3, 0.4) is 0 Å². The van der Waals surface area contributed by atoms with Crippen molar-refractivity contribution in [2.24, 2.45) is 0 Å². The van der Waals surface area contributed by atoms with E-state index in [1.165, 1.54) is 0 Å². The van der Waals surface area contributed by atoms with E-state index in [9.17, 15) is 0 Å². The van der Waals surface area contributed by atoms with Gasteiger partial charge in [0.05, 0.1) is 27.7 Å². The number of pyridine rings is 1. The third-order valence-electron chi connectivity index (χ3n) is 5.94. The number of piperidine rings is 1. The van der Waals surface area contributed by atoms with Crippen LogP contribution >= 0.6 is 34.8 Å². The molecule has 172 valence electrons. The van der Waals surface area contributed by atoms with E-state index in [2.05, 4.69) is 15.4 Å². The third kappa shape index (κ3) is 4.26. The molecule has 0 bridgehead atoms.